The number of rotatable bonds is 9. The summed E-state index contributed by atoms with van der Waals surface area (Å²) >= 11 is 1.79. The Labute approximate surface area is 256 Å². The standard InChI is InChI=1S/C28H32N6OS.3C2H6/c1-19(24-9-10-25(36-24)21-8-6-5-7-20(21)17-29-3)31-27-22(18-33(4)28(2)13-14-28)23(12-16-35)34-26(32-27)11-15-30-34;3*1-2/h5-12,15-16,18-19,29H,13-14,17H2,1-4H3,(H,31,32);3*1-2H3/b22-18+,23-12+;;;/t19-;;;/m1.../s1. The van der Waals surface area contributed by atoms with Crippen LogP contribution < -0.4 is 21.2 Å². The molecule has 0 bridgehead atoms. The van der Waals surface area contributed by atoms with Crippen LogP contribution in [0.4, 0.5) is 5.82 Å². The normalized spacial score (nSPS) is 14.4. The average molecular weight is 591 g/mol. The van der Waals surface area contributed by atoms with Crippen LogP contribution in [0, 0.1) is 0 Å². The van der Waals surface area contributed by atoms with Gasteiger partial charge in [-0.25, -0.2) is 9.50 Å². The predicted octanol–water partition coefficient (Wildman–Crippen LogP) is 6.63. The molecule has 228 valence electrons. The van der Waals surface area contributed by atoms with Crippen molar-refractivity contribution in [3.8, 4) is 10.4 Å². The SMILES string of the molecule is CC.CC.CC.CNCc1ccccc1-c1ccc([C@@H](C)Nc2nc3ccnn3c(=C/C=O)/c2=C\N(C)C2(C)CC2)s1. The number of carbonyl (C=O) groups excluding carboxylic acids is 1. The second-order valence-electron chi connectivity index (χ2n) is 9.66. The first-order valence-corrected chi connectivity index (χ1v) is 16.1. The lowest BCUT2D eigenvalue weighted by atomic mass is 10.1. The summed E-state index contributed by atoms with van der Waals surface area (Å²) in [6.45, 7) is 17.2. The Kier molecular flexibility index (Phi) is 13.9. The van der Waals surface area contributed by atoms with Crippen LogP contribution in [0.5, 0.6) is 0 Å². The zero-order valence-corrected chi connectivity index (χ0v) is 28.0. The summed E-state index contributed by atoms with van der Waals surface area (Å²) < 4.78 is 1.72. The molecule has 3 aromatic heterocycles. The van der Waals surface area contributed by atoms with E-state index in [0.29, 0.717) is 5.65 Å². The van der Waals surface area contributed by atoms with Crippen LogP contribution in [0.25, 0.3) is 28.4 Å². The summed E-state index contributed by atoms with van der Waals surface area (Å²) in [5.41, 5.74) is 3.38. The Bertz CT molecular complexity index is 1520. The molecule has 0 amide bonds. The molecule has 1 aliphatic rings. The van der Waals surface area contributed by atoms with Gasteiger partial charge in [-0.3, -0.25) is 4.79 Å². The molecule has 3 heterocycles. The van der Waals surface area contributed by atoms with E-state index in [9.17, 15) is 4.79 Å². The van der Waals surface area contributed by atoms with Crippen LogP contribution in [-0.2, 0) is 11.3 Å². The van der Waals surface area contributed by atoms with E-state index in [2.05, 4.69) is 84.1 Å². The molecule has 7 nitrogen and oxygen atoms in total. The molecule has 1 saturated carbocycles. The van der Waals surface area contributed by atoms with E-state index in [1.54, 1.807) is 28.1 Å². The van der Waals surface area contributed by atoms with Gasteiger partial charge in [0.05, 0.1) is 22.8 Å². The van der Waals surface area contributed by atoms with Crippen molar-refractivity contribution in [1.82, 2.24) is 24.8 Å². The third-order valence-electron chi connectivity index (χ3n) is 7.04. The quantitative estimate of drug-likeness (QED) is 0.213. The summed E-state index contributed by atoms with van der Waals surface area (Å²) in [6, 6.07) is 14.8. The van der Waals surface area contributed by atoms with Crippen molar-refractivity contribution in [2.45, 2.75) is 86.4 Å². The molecule has 0 aliphatic heterocycles. The maximum absolute atomic E-state index is 11.6. The minimum absolute atomic E-state index is 0.0242. The monoisotopic (exact) mass is 590 g/mol. The lowest BCUT2D eigenvalue weighted by Gasteiger charge is -2.23. The van der Waals surface area contributed by atoms with Crippen molar-refractivity contribution < 1.29 is 4.79 Å². The van der Waals surface area contributed by atoms with Crippen molar-refractivity contribution in [3.05, 3.63) is 69.7 Å². The smallest absolute Gasteiger partial charge is 0.158 e. The highest BCUT2D eigenvalue weighted by Crippen LogP contribution is 2.40. The van der Waals surface area contributed by atoms with Crippen LogP contribution in [0.1, 0.15) is 84.7 Å². The number of hydrogen-bond acceptors (Lipinski definition) is 7. The van der Waals surface area contributed by atoms with E-state index < -0.39 is 0 Å². The van der Waals surface area contributed by atoms with E-state index in [1.165, 1.54) is 20.9 Å². The van der Waals surface area contributed by atoms with E-state index in [0.717, 1.165) is 42.1 Å². The highest BCUT2D eigenvalue weighted by atomic mass is 32.1. The molecular formula is C34H50N6OS. The molecule has 1 aliphatic carbocycles. The molecule has 0 spiro atoms. The van der Waals surface area contributed by atoms with Gasteiger partial charge in [0.25, 0.3) is 0 Å². The van der Waals surface area contributed by atoms with Crippen molar-refractivity contribution >= 4 is 41.4 Å². The Balaban J connectivity index is 0.000000966. The molecule has 0 unspecified atom stereocenters. The maximum atomic E-state index is 11.6. The number of thiophene rings is 1. The number of aldehydes is 1. The first-order valence-electron chi connectivity index (χ1n) is 15.3. The van der Waals surface area contributed by atoms with Crippen LogP contribution in [0.15, 0.2) is 48.7 Å². The molecule has 4 aromatic rings. The molecule has 1 fully saturated rings. The molecule has 42 heavy (non-hydrogen) atoms. The highest BCUT2D eigenvalue weighted by molar-refractivity contribution is 7.15. The predicted molar refractivity (Wildman–Crippen MR) is 181 cm³/mol. The van der Waals surface area contributed by atoms with Gasteiger partial charge in [0, 0.05) is 47.2 Å². The Hall–Kier alpha value is -3.49. The Morgan fingerprint density at radius 3 is 2.40 bits per heavy atom. The Morgan fingerprint density at radius 2 is 1.76 bits per heavy atom. The number of benzene rings is 1. The van der Waals surface area contributed by atoms with Gasteiger partial charge in [-0.15, -0.1) is 11.3 Å². The second kappa shape index (κ2) is 16.8. The third-order valence-corrected chi connectivity index (χ3v) is 8.34. The third kappa shape index (κ3) is 8.07. The number of hydrogen-bond donors (Lipinski definition) is 2. The molecule has 8 heteroatoms. The molecule has 0 radical (unpaired) electrons. The van der Waals surface area contributed by atoms with Crippen molar-refractivity contribution in [2.24, 2.45) is 0 Å². The van der Waals surface area contributed by atoms with Gasteiger partial charge in [0.15, 0.2) is 5.65 Å². The molecular weight excluding hydrogens is 540 g/mol. The average Bonchev–Trinajstić information content (AvgIpc) is 3.38. The fraction of sp³-hybridized carbons (Fsp3) is 0.441. The van der Waals surface area contributed by atoms with Crippen LogP contribution in [-0.4, -0.2) is 45.4 Å². The largest absolute Gasteiger partial charge is 0.374 e. The van der Waals surface area contributed by atoms with Crippen molar-refractivity contribution in [3.63, 3.8) is 0 Å². The molecule has 1 atom stereocenters. The summed E-state index contributed by atoms with van der Waals surface area (Å²) in [5, 5.41) is 12.9. The van der Waals surface area contributed by atoms with Gasteiger partial charge >= 0.3 is 0 Å². The van der Waals surface area contributed by atoms with Gasteiger partial charge in [-0.2, -0.15) is 5.10 Å². The van der Waals surface area contributed by atoms with Crippen LogP contribution >= 0.6 is 11.3 Å². The first kappa shape index (κ1) is 34.7. The Morgan fingerprint density at radius 1 is 1.07 bits per heavy atom. The molecule has 2 N–H and O–H groups in total. The fourth-order valence-electron chi connectivity index (χ4n) is 4.43. The fourth-order valence-corrected chi connectivity index (χ4v) is 5.50. The number of nitrogens with zero attached hydrogens (tertiary/aromatic N) is 4. The van der Waals surface area contributed by atoms with E-state index in [1.807, 2.05) is 54.7 Å². The zero-order chi connectivity index (χ0) is 31.3. The number of fused-ring (bicyclic) bond motifs is 1. The van der Waals surface area contributed by atoms with E-state index in [-0.39, 0.29) is 11.6 Å². The van der Waals surface area contributed by atoms with E-state index in [4.69, 9.17) is 4.98 Å². The van der Waals surface area contributed by atoms with E-state index >= 15 is 0 Å². The highest BCUT2D eigenvalue weighted by Gasteiger charge is 2.40. The van der Waals surface area contributed by atoms with Gasteiger partial charge < -0.3 is 15.5 Å². The number of nitrogens with one attached hydrogen (secondary N) is 2. The summed E-state index contributed by atoms with van der Waals surface area (Å²) in [5.74, 6) is 0.741. The number of aromatic nitrogens is 3. The second-order valence-corrected chi connectivity index (χ2v) is 10.8. The van der Waals surface area contributed by atoms with Crippen LogP contribution in [0.3, 0.4) is 0 Å². The first-order chi connectivity index (χ1) is 20.4. The van der Waals surface area contributed by atoms with Gasteiger partial charge in [-0.1, -0.05) is 65.8 Å². The zero-order valence-electron chi connectivity index (χ0n) is 27.2. The maximum Gasteiger partial charge on any atom is 0.158 e. The topological polar surface area (TPSA) is 74.6 Å². The molecule has 1 aromatic carbocycles. The van der Waals surface area contributed by atoms with Crippen LogP contribution in [0.2, 0.25) is 0 Å². The van der Waals surface area contributed by atoms with Gasteiger partial charge in [-0.05, 0) is 57.0 Å². The summed E-state index contributed by atoms with van der Waals surface area (Å²) in [7, 11) is 4.06. The molecule has 0 saturated heterocycles. The lowest BCUT2D eigenvalue weighted by molar-refractivity contribution is -0.103. The van der Waals surface area contributed by atoms with Gasteiger partial charge in [0.2, 0.25) is 0 Å². The lowest BCUT2D eigenvalue weighted by Crippen LogP contribution is -2.40. The molecule has 5 rings (SSSR count). The minimum atomic E-state index is 0.0242. The van der Waals surface area contributed by atoms with Gasteiger partial charge in [0.1, 0.15) is 12.1 Å². The number of carbonyl (C=O) groups is 1. The van der Waals surface area contributed by atoms with Crippen molar-refractivity contribution in [2.75, 3.05) is 19.4 Å². The minimum Gasteiger partial charge on any atom is -0.374 e. The number of anilines is 1. The van der Waals surface area contributed by atoms with Crippen molar-refractivity contribution in [1.29, 1.82) is 0 Å². The summed E-state index contributed by atoms with van der Waals surface area (Å²) in [6.07, 6.45) is 8.48. The summed E-state index contributed by atoms with van der Waals surface area (Å²) in [4.78, 5) is 21.2.